The fraction of sp³-hybridized carbons (Fsp3) is 0.438. The van der Waals surface area contributed by atoms with Crippen LogP contribution in [0, 0.1) is 0 Å². The average Bonchev–Trinajstić information content (AvgIpc) is 2.35. The first kappa shape index (κ1) is 17.7. The third-order valence-corrected chi connectivity index (χ3v) is 4.50. The van der Waals surface area contributed by atoms with Crippen molar-refractivity contribution in [3.05, 3.63) is 35.9 Å². The summed E-state index contributed by atoms with van der Waals surface area (Å²) in [6.45, 7) is 9.24. The molecule has 5 heteroatoms. The summed E-state index contributed by atoms with van der Waals surface area (Å²) in [6.07, 6.45) is 3.01. The number of esters is 1. The third-order valence-electron chi connectivity index (χ3n) is 2.53. The Kier molecular flexibility index (Phi) is 5.94. The number of benzene rings is 1. The predicted molar refractivity (Wildman–Crippen MR) is 86.1 cm³/mol. The van der Waals surface area contributed by atoms with E-state index < -0.39 is 18.9 Å². The van der Waals surface area contributed by atoms with E-state index in [1.165, 1.54) is 6.08 Å². The van der Waals surface area contributed by atoms with Crippen LogP contribution in [0.2, 0.25) is 0 Å². The maximum Gasteiger partial charge on any atom is 0.331 e. The van der Waals surface area contributed by atoms with Crippen LogP contribution < -0.4 is 5.30 Å². The maximum atomic E-state index is 12.4. The topological polar surface area (TPSA) is 52.6 Å². The van der Waals surface area contributed by atoms with Crippen LogP contribution in [-0.2, 0) is 18.6 Å². The van der Waals surface area contributed by atoms with Gasteiger partial charge < -0.3 is 9.26 Å². The van der Waals surface area contributed by atoms with Gasteiger partial charge in [0.2, 0.25) is 7.37 Å². The molecule has 0 aliphatic carbocycles. The molecule has 0 fully saturated rings. The summed E-state index contributed by atoms with van der Waals surface area (Å²) in [5, 5.41) is 0.635. The first-order valence-corrected chi connectivity index (χ1v) is 8.95. The van der Waals surface area contributed by atoms with Crippen LogP contribution in [0.4, 0.5) is 0 Å². The number of rotatable bonds is 5. The Morgan fingerprint density at radius 1 is 1.33 bits per heavy atom. The van der Waals surface area contributed by atoms with Gasteiger partial charge in [-0.25, -0.2) is 4.79 Å². The zero-order chi connectivity index (χ0) is 16.1. The van der Waals surface area contributed by atoms with Crippen LogP contribution >= 0.6 is 7.37 Å². The van der Waals surface area contributed by atoms with Gasteiger partial charge in [-0.1, -0.05) is 12.1 Å². The number of carbonyl (C=O) groups excluding carboxylic acids is 1. The van der Waals surface area contributed by atoms with Crippen LogP contribution in [0.3, 0.4) is 0 Å². The Labute approximate surface area is 126 Å². The van der Waals surface area contributed by atoms with Crippen molar-refractivity contribution in [3.8, 4) is 0 Å². The van der Waals surface area contributed by atoms with Crippen LogP contribution in [0.15, 0.2) is 30.3 Å². The Balaban J connectivity index is 2.87. The summed E-state index contributed by atoms with van der Waals surface area (Å²) in [6, 6.07) is 7.15. The third kappa shape index (κ3) is 6.28. The molecular weight excluding hydrogens is 287 g/mol. The highest BCUT2D eigenvalue weighted by Crippen LogP contribution is 2.41. The Hall–Kier alpha value is -1.38. The number of hydrogen-bond acceptors (Lipinski definition) is 4. The van der Waals surface area contributed by atoms with E-state index in [-0.39, 0.29) is 0 Å². The molecule has 1 aromatic carbocycles. The summed E-state index contributed by atoms with van der Waals surface area (Å²) in [7, 11) is -2.80. The van der Waals surface area contributed by atoms with Crippen LogP contribution in [0.5, 0.6) is 0 Å². The Morgan fingerprint density at radius 3 is 2.57 bits per heavy atom. The van der Waals surface area contributed by atoms with Gasteiger partial charge in [-0.15, -0.1) is 0 Å². The van der Waals surface area contributed by atoms with Crippen LogP contribution in [0.25, 0.3) is 6.08 Å². The minimum atomic E-state index is -2.80. The molecule has 1 unspecified atom stereocenters. The van der Waals surface area contributed by atoms with E-state index >= 15 is 0 Å². The van der Waals surface area contributed by atoms with E-state index in [9.17, 15) is 9.36 Å². The lowest BCUT2D eigenvalue weighted by Gasteiger charge is -2.17. The molecular formula is C16H23O4P. The molecule has 116 valence electrons. The summed E-state index contributed by atoms with van der Waals surface area (Å²) in [5.74, 6) is -0.405. The van der Waals surface area contributed by atoms with Gasteiger partial charge in [0.15, 0.2) is 0 Å². The van der Waals surface area contributed by atoms with E-state index in [4.69, 9.17) is 9.26 Å². The maximum absolute atomic E-state index is 12.4. The molecule has 1 atom stereocenters. The summed E-state index contributed by atoms with van der Waals surface area (Å²) >= 11 is 0. The molecule has 1 rings (SSSR count). The zero-order valence-corrected chi connectivity index (χ0v) is 14.1. The van der Waals surface area contributed by atoms with Crippen molar-refractivity contribution >= 4 is 24.7 Å². The van der Waals surface area contributed by atoms with Crippen molar-refractivity contribution in [1.82, 2.24) is 0 Å². The van der Waals surface area contributed by atoms with Gasteiger partial charge in [0.1, 0.15) is 5.60 Å². The highest BCUT2D eigenvalue weighted by atomic mass is 31.2. The summed E-state index contributed by atoms with van der Waals surface area (Å²) in [4.78, 5) is 11.6. The van der Waals surface area contributed by atoms with E-state index in [0.29, 0.717) is 11.9 Å². The lowest BCUT2D eigenvalue weighted by atomic mass is 10.2. The van der Waals surface area contributed by atoms with Crippen LogP contribution in [-0.4, -0.2) is 24.8 Å². The molecule has 0 saturated heterocycles. The molecule has 1 aromatic rings. The summed E-state index contributed by atoms with van der Waals surface area (Å²) < 4.78 is 22.8. The molecule has 0 bridgehead atoms. The van der Waals surface area contributed by atoms with Gasteiger partial charge in [0, 0.05) is 18.0 Å². The first-order chi connectivity index (χ1) is 9.64. The number of carbonyl (C=O) groups is 1. The highest BCUT2D eigenvalue weighted by molar-refractivity contribution is 7.66. The standard InChI is InChI=1S/C16H23O4P/c1-6-19-21(5,18)14-9-7-8-13(12-14)10-11-15(17)20-16(2,3)4/h7-12H,6H2,1-5H3/b11-10+. The minimum absolute atomic E-state index is 0.395. The monoisotopic (exact) mass is 310 g/mol. The molecule has 0 spiro atoms. The van der Waals surface area contributed by atoms with Crippen molar-refractivity contribution in [2.24, 2.45) is 0 Å². The van der Waals surface area contributed by atoms with Crippen molar-refractivity contribution in [1.29, 1.82) is 0 Å². The second kappa shape index (κ2) is 7.06. The molecule has 21 heavy (non-hydrogen) atoms. The van der Waals surface area contributed by atoms with Crippen LogP contribution in [0.1, 0.15) is 33.3 Å². The van der Waals surface area contributed by atoms with E-state index in [0.717, 1.165) is 5.56 Å². The van der Waals surface area contributed by atoms with Gasteiger partial charge in [0.05, 0.1) is 6.61 Å². The number of hydrogen-bond donors (Lipinski definition) is 0. The van der Waals surface area contributed by atoms with Gasteiger partial charge in [-0.05, 0) is 51.5 Å². The molecule has 0 aliphatic heterocycles. The van der Waals surface area contributed by atoms with E-state index in [1.807, 2.05) is 33.8 Å². The molecule has 0 aliphatic rings. The van der Waals surface area contributed by atoms with Gasteiger partial charge >= 0.3 is 5.97 Å². The van der Waals surface area contributed by atoms with Crippen molar-refractivity contribution < 1.29 is 18.6 Å². The molecule has 0 amide bonds. The van der Waals surface area contributed by atoms with Crippen molar-refractivity contribution in [3.63, 3.8) is 0 Å². The molecule has 0 heterocycles. The molecule has 4 nitrogen and oxygen atoms in total. The fourth-order valence-corrected chi connectivity index (χ4v) is 3.08. The second-order valence-electron chi connectivity index (χ2n) is 5.73. The first-order valence-electron chi connectivity index (χ1n) is 6.88. The van der Waals surface area contributed by atoms with Crippen molar-refractivity contribution in [2.45, 2.75) is 33.3 Å². The van der Waals surface area contributed by atoms with Crippen molar-refractivity contribution in [2.75, 3.05) is 13.3 Å². The SMILES string of the molecule is CCOP(C)(=O)c1cccc(/C=C/C(=O)OC(C)(C)C)c1. The van der Waals surface area contributed by atoms with Gasteiger partial charge in [-0.2, -0.15) is 0 Å². The zero-order valence-electron chi connectivity index (χ0n) is 13.3. The van der Waals surface area contributed by atoms with Gasteiger partial charge in [-0.3, -0.25) is 4.57 Å². The molecule has 0 radical (unpaired) electrons. The second-order valence-corrected chi connectivity index (χ2v) is 8.19. The Morgan fingerprint density at radius 2 is 2.00 bits per heavy atom. The number of ether oxygens (including phenoxy) is 1. The predicted octanol–water partition coefficient (Wildman–Crippen LogP) is 3.61. The minimum Gasteiger partial charge on any atom is -0.457 e. The van der Waals surface area contributed by atoms with E-state index in [1.54, 1.807) is 30.9 Å². The molecule has 0 aromatic heterocycles. The average molecular weight is 310 g/mol. The largest absolute Gasteiger partial charge is 0.457 e. The lowest BCUT2D eigenvalue weighted by Crippen LogP contribution is -2.22. The quantitative estimate of drug-likeness (QED) is 0.473. The fourth-order valence-electron chi connectivity index (χ4n) is 1.70. The summed E-state index contributed by atoms with van der Waals surface area (Å²) in [5.41, 5.74) is 0.261. The highest BCUT2D eigenvalue weighted by Gasteiger charge is 2.18. The lowest BCUT2D eigenvalue weighted by molar-refractivity contribution is -0.148. The Bertz CT molecular complexity index is 570. The molecule has 0 N–H and O–H groups in total. The van der Waals surface area contributed by atoms with Gasteiger partial charge in [0.25, 0.3) is 0 Å². The smallest absolute Gasteiger partial charge is 0.331 e. The molecule has 0 saturated carbocycles. The van der Waals surface area contributed by atoms with E-state index in [2.05, 4.69) is 0 Å². The normalized spacial score (nSPS) is 14.9.